The Morgan fingerprint density at radius 3 is 2.83 bits per heavy atom. The van der Waals surface area contributed by atoms with Crippen LogP contribution in [0.5, 0.6) is 0 Å². The molecule has 6 heteroatoms. The Labute approximate surface area is 144 Å². The summed E-state index contributed by atoms with van der Waals surface area (Å²) >= 11 is 1.60. The minimum atomic E-state index is -4.26. The average molecular weight is 354 g/mol. The molecule has 2 aromatic rings. The summed E-state index contributed by atoms with van der Waals surface area (Å²) in [7, 11) is 0. The molecule has 0 radical (unpaired) electrons. The largest absolute Gasteiger partial charge is 0.416 e. The number of hydrogen-bond acceptors (Lipinski definition) is 3. The van der Waals surface area contributed by atoms with Crippen LogP contribution in [0.15, 0.2) is 35.2 Å². The zero-order valence-electron chi connectivity index (χ0n) is 13.4. The summed E-state index contributed by atoms with van der Waals surface area (Å²) in [5, 5.41) is 2.06. The molecule has 1 aliphatic heterocycles. The summed E-state index contributed by atoms with van der Waals surface area (Å²) in [6, 6.07) is 5.95. The molecular formula is C18H21F3N2S. The highest BCUT2D eigenvalue weighted by Gasteiger charge is 2.33. The number of piperidine rings is 1. The average Bonchev–Trinajstić information content (AvgIpc) is 3.06. The van der Waals surface area contributed by atoms with E-state index in [1.165, 1.54) is 12.1 Å². The number of hydrogen-bond donors (Lipinski definition) is 0. The van der Waals surface area contributed by atoms with Crippen molar-refractivity contribution in [3.05, 3.63) is 52.0 Å². The highest BCUT2D eigenvalue weighted by molar-refractivity contribution is 7.07. The van der Waals surface area contributed by atoms with Crippen LogP contribution in [0.4, 0.5) is 13.2 Å². The standard InChI is InChI=1S/C18H21F3N2S/c19-18(20,21)17-6-2-1-5-15(17)8-7-14-4-3-9-23(10-14)11-16-12-24-13-22-16/h1-2,5-6,12-14H,3-4,7-11H2/t14-/m0/s1. The molecule has 2 nitrogen and oxygen atoms in total. The van der Waals surface area contributed by atoms with Gasteiger partial charge in [0.1, 0.15) is 0 Å². The second-order valence-corrected chi connectivity index (χ2v) is 7.14. The lowest BCUT2D eigenvalue weighted by Crippen LogP contribution is -2.35. The van der Waals surface area contributed by atoms with Crippen molar-refractivity contribution in [1.82, 2.24) is 9.88 Å². The molecule has 0 amide bonds. The number of aryl methyl sites for hydroxylation is 1. The monoisotopic (exact) mass is 354 g/mol. The molecule has 24 heavy (non-hydrogen) atoms. The Kier molecular flexibility index (Phi) is 5.56. The van der Waals surface area contributed by atoms with Crippen LogP contribution >= 0.6 is 11.3 Å². The van der Waals surface area contributed by atoms with Crippen LogP contribution in [-0.4, -0.2) is 23.0 Å². The van der Waals surface area contributed by atoms with Gasteiger partial charge in [-0.15, -0.1) is 11.3 Å². The molecule has 1 fully saturated rings. The van der Waals surface area contributed by atoms with Crippen molar-refractivity contribution in [3.63, 3.8) is 0 Å². The van der Waals surface area contributed by atoms with Crippen LogP contribution in [0.25, 0.3) is 0 Å². The first-order chi connectivity index (χ1) is 11.5. The van der Waals surface area contributed by atoms with E-state index < -0.39 is 11.7 Å². The molecule has 1 atom stereocenters. The van der Waals surface area contributed by atoms with Gasteiger partial charge in [-0.3, -0.25) is 4.90 Å². The summed E-state index contributed by atoms with van der Waals surface area (Å²) in [5.74, 6) is 0.457. The van der Waals surface area contributed by atoms with Gasteiger partial charge >= 0.3 is 6.18 Å². The van der Waals surface area contributed by atoms with Crippen LogP contribution in [0.3, 0.4) is 0 Å². The molecule has 3 rings (SSSR count). The maximum absolute atomic E-state index is 13.1. The van der Waals surface area contributed by atoms with Crippen LogP contribution in [0, 0.1) is 5.92 Å². The Morgan fingerprint density at radius 1 is 1.25 bits per heavy atom. The number of halogens is 3. The first-order valence-corrected chi connectivity index (χ1v) is 9.21. The highest BCUT2D eigenvalue weighted by atomic mass is 32.1. The third kappa shape index (κ3) is 4.57. The highest BCUT2D eigenvalue weighted by Crippen LogP contribution is 2.33. The van der Waals surface area contributed by atoms with Crippen LogP contribution in [0.1, 0.15) is 36.1 Å². The number of rotatable bonds is 5. The Hall–Kier alpha value is -1.40. The van der Waals surface area contributed by atoms with E-state index in [0.717, 1.165) is 44.6 Å². The maximum Gasteiger partial charge on any atom is 0.416 e. The van der Waals surface area contributed by atoms with Crippen molar-refractivity contribution < 1.29 is 13.2 Å². The van der Waals surface area contributed by atoms with Crippen molar-refractivity contribution in [2.45, 2.75) is 38.4 Å². The van der Waals surface area contributed by atoms with Gasteiger partial charge in [-0.1, -0.05) is 18.2 Å². The van der Waals surface area contributed by atoms with Gasteiger partial charge in [0.15, 0.2) is 0 Å². The summed E-state index contributed by atoms with van der Waals surface area (Å²) in [6.45, 7) is 2.85. The van der Waals surface area contributed by atoms with Crippen molar-refractivity contribution in [3.8, 4) is 0 Å². The normalized spacial score (nSPS) is 19.5. The first-order valence-electron chi connectivity index (χ1n) is 8.27. The second-order valence-electron chi connectivity index (χ2n) is 6.42. The van der Waals surface area contributed by atoms with Gasteiger partial charge in [0, 0.05) is 18.5 Å². The number of aromatic nitrogens is 1. The van der Waals surface area contributed by atoms with E-state index in [1.807, 2.05) is 5.51 Å². The quantitative estimate of drug-likeness (QED) is 0.751. The maximum atomic E-state index is 13.1. The fourth-order valence-corrected chi connectivity index (χ4v) is 4.00. The van der Waals surface area contributed by atoms with E-state index in [1.54, 1.807) is 23.5 Å². The third-order valence-electron chi connectivity index (χ3n) is 4.62. The van der Waals surface area contributed by atoms with Gasteiger partial charge in [-0.05, 0) is 49.8 Å². The van der Waals surface area contributed by atoms with Crippen molar-refractivity contribution in [2.75, 3.05) is 13.1 Å². The third-order valence-corrected chi connectivity index (χ3v) is 5.25. The van der Waals surface area contributed by atoms with Crippen LogP contribution in [-0.2, 0) is 19.1 Å². The fourth-order valence-electron chi connectivity index (χ4n) is 3.45. The summed E-state index contributed by atoms with van der Waals surface area (Å²) in [4.78, 5) is 6.69. The Balaban J connectivity index is 1.57. The van der Waals surface area contributed by atoms with Crippen LogP contribution in [0.2, 0.25) is 0 Å². The molecule has 1 aromatic heterocycles. The Morgan fingerprint density at radius 2 is 2.08 bits per heavy atom. The van der Waals surface area contributed by atoms with E-state index in [4.69, 9.17) is 0 Å². The molecule has 0 unspecified atom stereocenters. The number of thiazole rings is 1. The molecular weight excluding hydrogens is 333 g/mol. The van der Waals surface area contributed by atoms with Gasteiger partial charge < -0.3 is 0 Å². The number of nitrogens with zero attached hydrogens (tertiary/aromatic N) is 2. The van der Waals surface area contributed by atoms with E-state index in [0.29, 0.717) is 17.9 Å². The molecule has 0 aliphatic carbocycles. The Bertz CT molecular complexity index is 640. The molecule has 0 spiro atoms. The van der Waals surface area contributed by atoms with Crippen molar-refractivity contribution in [1.29, 1.82) is 0 Å². The summed E-state index contributed by atoms with van der Waals surface area (Å²) in [6.07, 6.45) is -0.761. The van der Waals surface area contributed by atoms with Crippen molar-refractivity contribution >= 4 is 11.3 Å². The molecule has 0 N–H and O–H groups in total. The lowest BCUT2D eigenvalue weighted by molar-refractivity contribution is -0.138. The molecule has 0 bridgehead atoms. The number of benzene rings is 1. The topological polar surface area (TPSA) is 16.1 Å². The smallest absolute Gasteiger partial charge is 0.297 e. The molecule has 2 heterocycles. The minimum absolute atomic E-state index is 0.418. The van der Waals surface area contributed by atoms with Gasteiger partial charge in [0.2, 0.25) is 0 Å². The summed E-state index contributed by atoms with van der Waals surface area (Å²) < 4.78 is 39.2. The van der Waals surface area contributed by atoms with Gasteiger partial charge in [0.25, 0.3) is 0 Å². The predicted octanol–water partition coefficient (Wildman–Crippen LogP) is 5.01. The van der Waals surface area contributed by atoms with E-state index >= 15 is 0 Å². The first kappa shape index (κ1) is 17.4. The van der Waals surface area contributed by atoms with E-state index in [9.17, 15) is 13.2 Å². The van der Waals surface area contributed by atoms with Crippen molar-refractivity contribution in [2.24, 2.45) is 5.92 Å². The van der Waals surface area contributed by atoms with Gasteiger partial charge in [-0.25, -0.2) is 4.98 Å². The number of alkyl halides is 3. The summed E-state index contributed by atoms with van der Waals surface area (Å²) in [5.41, 5.74) is 2.86. The van der Waals surface area contributed by atoms with Gasteiger partial charge in [0.05, 0.1) is 16.8 Å². The molecule has 1 aromatic carbocycles. The van der Waals surface area contributed by atoms with Gasteiger partial charge in [-0.2, -0.15) is 13.2 Å². The van der Waals surface area contributed by atoms with Crippen LogP contribution < -0.4 is 0 Å². The zero-order chi connectivity index (χ0) is 17.0. The molecule has 1 saturated heterocycles. The minimum Gasteiger partial charge on any atom is -0.297 e. The number of likely N-dealkylation sites (tertiary alicyclic amines) is 1. The molecule has 130 valence electrons. The second kappa shape index (κ2) is 7.66. The van der Waals surface area contributed by atoms with E-state index in [2.05, 4.69) is 15.3 Å². The molecule has 0 saturated carbocycles. The predicted molar refractivity (Wildman–Crippen MR) is 89.9 cm³/mol. The molecule has 1 aliphatic rings. The zero-order valence-corrected chi connectivity index (χ0v) is 14.2. The lowest BCUT2D eigenvalue weighted by Gasteiger charge is -2.32. The fraction of sp³-hybridized carbons (Fsp3) is 0.500. The van der Waals surface area contributed by atoms with E-state index in [-0.39, 0.29) is 0 Å². The lowest BCUT2D eigenvalue weighted by atomic mass is 9.90. The SMILES string of the molecule is FC(F)(F)c1ccccc1CC[C@@H]1CCCN(Cc2cscn2)C1.